The van der Waals surface area contributed by atoms with Gasteiger partial charge in [0, 0.05) is 6.54 Å². The molecule has 0 atom stereocenters. The number of pyridine rings is 1. The van der Waals surface area contributed by atoms with Crippen molar-refractivity contribution in [1.29, 1.82) is 0 Å². The largest absolute Gasteiger partial charge is 0.470 e. The molecule has 0 saturated carbocycles. The molecular formula is C17H23N3O. The lowest BCUT2D eigenvalue weighted by Gasteiger charge is -2.21. The van der Waals surface area contributed by atoms with Crippen molar-refractivity contribution < 1.29 is 4.74 Å². The van der Waals surface area contributed by atoms with Crippen LogP contribution in [0.2, 0.25) is 0 Å². The van der Waals surface area contributed by atoms with E-state index >= 15 is 0 Å². The van der Waals surface area contributed by atoms with E-state index in [0.29, 0.717) is 18.1 Å². The average Bonchev–Trinajstić information content (AvgIpc) is 2.40. The number of aromatic nitrogens is 1. The number of nitrogens with one attached hydrogen (secondary N) is 1. The van der Waals surface area contributed by atoms with E-state index in [1.807, 2.05) is 32.9 Å². The zero-order chi connectivity index (χ0) is 15.5. The Labute approximate surface area is 126 Å². The molecule has 4 heteroatoms. The highest BCUT2D eigenvalue weighted by molar-refractivity contribution is 5.54. The molecule has 2 rings (SSSR count). The van der Waals surface area contributed by atoms with Crippen LogP contribution in [0.15, 0.2) is 36.4 Å². The van der Waals surface area contributed by atoms with Crippen molar-refractivity contribution in [3.63, 3.8) is 0 Å². The second kappa shape index (κ2) is 6.04. The Kier molecular flexibility index (Phi) is 4.36. The molecule has 2 aromatic rings. The molecule has 0 saturated heterocycles. The molecule has 0 spiro atoms. The average molecular weight is 285 g/mol. The van der Waals surface area contributed by atoms with Gasteiger partial charge in [0.05, 0.1) is 5.69 Å². The molecule has 0 amide bonds. The van der Waals surface area contributed by atoms with Gasteiger partial charge in [0.1, 0.15) is 11.4 Å². The summed E-state index contributed by atoms with van der Waals surface area (Å²) in [6.45, 7) is 8.71. The Balaban J connectivity index is 2.06. The van der Waals surface area contributed by atoms with E-state index in [1.165, 1.54) is 11.1 Å². The van der Waals surface area contributed by atoms with Gasteiger partial charge in [-0.25, -0.2) is 0 Å². The van der Waals surface area contributed by atoms with Gasteiger partial charge < -0.3 is 15.8 Å². The first kappa shape index (κ1) is 15.2. The molecule has 0 aliphatic heterocycles. The summed E-state index contributed by atoms with van der Waals surface area (Å²) in [6, 6.07) is 12.1. The summed E-state index contributed by atoms with van der Waals surface area (Å²) in [5.41, 5.74) is 8.59. The third-order valence-electron chi connectivity index (χ3n) is 2.89. The summed E-state index contributed by atoms with van der Waals surface area (Å²) in [6.07, 6.45) is 0. The Hall–Kier alpha value is -2.23. The van der Waals surface area contributed by atoms with Gasteiger partial charge in [-0.1, -0.05) is 29.8 Å². The van der Waals surface area contributed by atoms with Crippen molar-refractivity contribution >= 4 is 11.5 Å². The Morgan fingerprint density at radius 3 is 2.38 bits per heavy atom. The molecule has 0 fully saturated rings. The summed E-state index contributed by atoms with van der Waals surface area (Å²) >= 11 is 0. The molecule has 1 aromatic carbocycles. The molecule has 1 aromatic heterocycles. The fraction of sp³-hybridized carbons (Fsp3) is 0.353. The monoisotopic (exact) mass is 285 g/mol. The Morgan fingerprint density at radius 2 is 1.76 bits per heavy atom. The second-order valence-electron chi connectivity index (χ2n) is 6.14. The number of benzene rings is 1. The maximum Gasteiger partial charge on any atom is 0.239 e. The summed E-state index contributed by atoms with van der Waals surface area (Å²) in [5.74, 6) is 1.22. The maximum atomic E-state index is 5.91. The molecule has 0 aliphatic carbocycles. The van der Waals surface area contributed by atoms with Gasteiger partial charge >= 0.3 is 0 Å². The van der Waals surface area contributed by atoms with Crippen molar-refractivity contribution in [3.8, 4) is 5.88 Å². The normalized spacial score (nSPS) is 11.2. The van der Waals surface area contributed by atoms with Crippen LogP contribution < -0.4 is 15.8 Å². The molecule has 0 unspecified atom stereocenters. The van der Waals surface area contributed by atoms with Crippen molar-refractivity contribution in [1.82, 2.24) is 4.98 Å². The summed E-state index contributed by atoms with van der Waals surface area (Å²) in [4.78, 5) is 4.43. The van der Waals surface area contributed by atoms with Crippen molar-refractivity contribution in [2.75, 3.05) is 11.1 Å². The predicted molar refractivity (Wildman–Crippen MR) is 87.5 cm³/mol. The quantitative estimate of drug-likeness (QED) is 0.898. The SMILES string of the molecule is Cc1ccc(CNc2ccc(N)c(OC(C)(C)C)n2)cc1. The lowest BCUT2D eigenvalue weighted by molar-refractivity contribution is 0.125. The lowest BCUT2D eigenvalue weighted by atomic mass is 10.1. The van der Waals surface area contributed by atoms with E-state index in [0.717, 1.165) is 5.82 Å². The first-order valence-electron chi connectivity index (χ1n) is 7.08. The van der Waals surface area contributed by atoms with Gasteiger partial charge in [0.15, 0.2) is 0 Å². The lowest BCUT2D eigenvalue weighted by Crippen LogP contribution is -2.24. The van der Waals surface area contributed by atoms with Crippen molar-refractivity contribution in [2.24, 2.45) is 0 Å². The number of nitrogens with two attached hydrogens (primary N) is 1. The van der Waals surface area contributed by atoms with Gasteiger partial charge in [-0.05, 0) is 45.4 Å². The highest BCUT2D eigenvalue weighted by Crippen LogP contribution is 2.25. The van der Waals surface area contributed by atoms with Crippen LogP contribution in [0.3, 0.4) is 0 Å². The van der Waals surface area contributed by atoms with Gasteiger partial charge in [0.25, 0.3) is 0 Å². The van der Waals surface area contributed by atoms with E-state index in [9.17, 15) is 0 Å². The number of hydrogen-bond acceptors (Lipinski definition) is 4. The zero-order valence-electron chi connectivity index (χ0n) is 13.1. The number of nitrogens with zero attached hydrogens (tertiary/aromatic N) is 1. The molecule has 0 aliphatic rings. The fourth-order valence-corrected chi connectivity index (χ4v) is 1.82. The highest BCUT2D eigenvalue weighted by Gasteiger charge is 2.15. The Morgan fingerprint density at radius 1 is 1.10 bits per heavy atom. The van der Waals surface area contributed by atoms with E-state index < -0.39 is 0 Å². The van der Waals surface area contributed by atoms with E-state index in [-0.39, 0.29) is 5.60 Å². The smallest absolute Gasteiger partial charge is 0.239 e. The number of rotatable bonds is 4. The van der Waals surface area contributed by atoms with Gasteiger partial charge in [0.2, 0.25) is 5.88 Å². The van der Waals surface area contributed by atoms with Crippen LogP contribution in [0.4, 0.5) is 11.5 Å². The van der Waals surface area contributed by atoms with Crippen LogP contribution in [-0.2, 0) is 6.54 Å². The number of ether oxygens (including phenoxy) is 1. The van der Waals surface area contributed by atoms with Gasteiger partial charge in [-0.3, -0.25) is 0 Å². The number of aryl methyl sites for hydroxylation is 1. The van der Waals surface area contributed by atoms with Gasteiger partial charge in [-0.2, -0.15) is 4.98 Å². The maximum absolute atomic E-state index is 5.91. The summed E-state index contributed by atoms with van der Waals surface area (Å²) in [5, 5.41) is 3.29. The number of nitrogen functional groups attached to an aromatic ring is 1. The topological polar surface area (TPSA) is 60.2 Å². The first-order valence-corrected chi connectivity index (χ1v) is 7.08. The van der Waals surface area contributed by atoms with Crippen LogP contribution in [0.5, 0.6) is 5.88 Å². The third-order valence-corrected chi connectivity index (χ3v) is 2.89. The molecule has 21 heavy (non-hydrogen) atoms. The Bertz CT molecular complexity index is 600. The molecule has 4 nitrogen and oxygen atoms in total. The van der Waals surface area contributed by atoms with Crippen molar-refractivity contribution in [2.45, 2.75) is 39.8 Å². The minimum Gasteiger partial charge on any atom is -0.470 e. The van der Waals surface area contributed by atoms with E-state index in [1.54, 1.807) is 0 Å². The second-order valence-corrected chi connectivity index (χ2v) is 6.14. The number of anilines is 2. The first-order chi connectivity index (χ1) is 9.83. The molecule has 112 valence electrons. The van der Waals surface area contributed by atoms with E-state index in [2.05, 4.69) is 41.5 Å². The van der Waals surface area contributed by atoms with Gasteiger partial charge in [-0.15, -0.1) is 0 Å². The molecule has 0 bridgehead atoms. The summed E-state index contributed by atoms with van der Waals surface area (Å²) < 4.78 is 5.76. The zero-order valence-corrected chi connectivity index (χ0v) is 13.1. The molecule has 1 heterocycles. The van der Waals surface area contributed by atoms with Crippen molar-refractivity contribution in [3.05, 3.63) is 47.5 Å². The third kappa shape index (κ3) is 4.67. The molecule has 0 radical (unpaired) electrons. The molecule has 3 N–H and O–H groups in total. The van der Waals surface area contributed by atoms with Crippen LogP contribution in [0, 0.1) is 6.92 Å². The highest BCUT2D eigenvalue weighted by atomic mass is 16.5. The summed E-state index contributed by atoms with van der Waals surface area (Å²) in [7, 11) is 0. The van der Waals surface area contributed by atoms with Crippen LogP contribution in [0.1, 0.15) is 31.9 Å². The van der Waals surface area contributed by atoms with Crippen LogP contribution in [-0.4, -0.2) is 10.6 Å². The minimum atomic E-state index is -0.323. The predicted octanol–water partition coefficient (Wildman–Crippen LogP) is 3.76. The minimum absolute atomic E-state index is 0.323. The standard InChI is InChI=1S/C17H23N3O/c1-12-5-7-13(8-6-12)11-19-15-10-9-14(18)16(20-15)21-17(2,3)4/h5-10H,11,18H2,1-4H3,(H,19,20). The van der Waals surface area contributed by atoms with Crippen LogP contribution in [0.25, 0.3) is 0 Å². The van der Waals surface area contributed by atoms with Crippen LogP contribution >= 0.6 is 0 Å². The molecular weight excluding hydrogens is 262 g/mol. The number of hydrogen-bond donors (Lipinski definition) is 2. The fourth-order valence-electron chi connectivity index (χ4n) is 1.82. The van der Waals surface area contributed by atoms with E-state index in [4.69, 9.17) is 10.5 Å².